The summed E-state index contributed by atoms with van der Waals surface area (Å²) in [5, 5.41) is 12.2. The molecule has 0 aliphatic carbocycles. The summed E-state index contributed by atoms with van der Waals surface area (Å²) in [6, 6.07) is 7.89. The maximum absolute atomic E-state index is 8.83. The molecule has 0 bridgehead atoms. The summed E-state index contributed by atoms with van der Waals surface area (Å²) in [7, 11) is 0. The molecule has 3 heteroatoms. The molecule has 0 saturated carbocycles. The van der Waals surface area contributed by atoms with Crippen molar-refractivity contribution >= 4 is 5.69 Å². The number of nitriles is 1. The molecular formula is C13H16N2O. The Hall–Kier alpha value is -1.53. The molecule has 1 aliphatic rings. The molecule has 1 atom stereocenters. The van der Waals surface area contributed by atoms with E-state index in [1.54, 1.807) is 0 Å². The normalized spacial score (nSPS) is 19.4. The zero-order chi connectivity index (χ0) is 11.4. The van der Waals surface area contributed by atoms with Crippen molar-refractivity contribution in [2.75, 3.05) is 25.1 Å². The number of hydrogen-bond acceptors (Lipinski definition) is 3. The average molecular weight is 216 g/mol. The SMILES string of the molecule is Cc1ccc(C#N)cc1NCC1CCOC1. The largest absolute Gasteiger partial charge is 0.384 e. The van der Waals surface area contributed by atoms with Crippen LogP contribution in [0.2, 0.25) is 0 Å². The fraction of sp³-hybridized carbons (Fsp3) is 0.462. The smallest absolute Gasteiger partial charge is 0.0992 e. The highest BCUT2D eigenvalue weighted by Crippen LogP contribution is 2.19. The van der Waals surface area contributed by atoms with E-state index >= 15 is 0 Å². The number of hydrogen-bond donors (Lipinski definition) is 1. The van der Waals surface area contributed by atoms with Crippen LogP contribution in [0.3, 0.4) is 0 Å². The van der Waals surface area contributed by atoms with Gasteiger partial charge in [0.2, 0.25) is 0 Å². The lowest BCUT2D eigenvalue weighted by atomic mass is 10.1. The molecule has 1 saturated heterocycles. The van der Waals surface area contributed by atoms with Gasteiger partial charge >= 0.3 is 0 Å². The van der Waals surface area contributed by atoms with Crippen LogP contribution in [-0.2, 0) is 4.74 Å². The van der Waals surface area contributed by atoms with E-state index in [1.165, 1.54) is 5.56 Å². The van der Waals surface area contributed by atoms with Crippen molar-refractivity contribution in [2.24, 2.45) is 5.92 Å². The number of nitrogens with one attached hydrogen (secondary N) is 1. The number of anilines is 1. The lowest BCUT2D eigenvalue weighted by molar-refractivity contribution is 0.187. The number of rotatable bonds is 3. The van der Waals surface area contributed by atoms with E-state index in [-0.39, 0.29) is 0 Å². The summed E-state index contributed by atoms with van der Waals surface area (Å²) in [5.74, 6) is 0.602. The molecule has 1 N–H and O–H groups in total. The Bertz CT molecular complexity index is 403. The van der Waals surface area contributed by atoms with Crippen LogP contribution in [0.25, 0.3) is 0 Å². The minimum Gasteiger partial charge on any atom is -0.384 e. The fourth-order valence-electron chi connectivity index (χ4n) is 1.88. The highest BCUT2D eigenvalue weighted by Gasteiger charge is 2.15. The second-order valence-corrected chi connectivity index (χ2v) is 4.25. The minimum atomic E-state index is 0.602. The van der Waals surface area contributed by atoms with Crippen LogP contribution in [0.4, 0.5) is 5.69 Å². The van der Waals surface area contributed by atoms with Gasteiger partial charge in [0.25, 0.3) is 0 Å². The number of aryl methyl sites for hydroxylation is 1. The Labute approximate surface area is 96.0 Å². The van der Waals surface area contributed by atoms with Gasteiger partial charge in [-0.3, -0.25) is 0 Å². The topological polar surface area (TPSA) is 45.0 Å². The summed E-state index contributed by atoms with van der Waals surface area (Å²) >= 11 is 0. The molecule has 1 fully saturated rings. The summed E-state index contributed by atoms with van der Waals surface area (Å²) < 4.78 is 5.33. The highest BCUT2D eigenvalue weighted by atomic mass is 16.5. The number of nitrogens with zero attached hydrogens (tertiary/aromatic N) is 1. The van der Waals surface area contributed by atoms with E-state index in [4.69, 9.17) is 10.00 Å². The van der Waals surface area contributed by atoms with Crippen LogP contribution >= 0.6 is 0 Å². The van der Waals surface area contributed by atoms with Gasteiger partial charge in [-0.05, 0) is 31.0 Å². The van der Waals surface area contributed by atoms with Gasteiger partial charge in [-0.15, -0.1) is 0 Å². The predicted molar refractivity (Wildman–Crippen MR) is 63.3 cm³/mol. The van der Waals surface area contributed by atoms with Crippen LogP contribution in [-0.4, -0.2) is 19.8 Å². The third-order valence-electron chi connectivity index (χ3n) is 2.97. The van der Waals surface area contributed by atoms with Crippen LogP contribution in [0.15, 0.2) is 18.2 Å². The van der Waals surface area contributed by atoms with Gasteiger partial charge < -0.3 is 10.1 Å². The van der Waals surface area contributed by atoms with Crippen LogP contribution in [0.5, 0.6) is 0 Å². The van der Waals surface area contributed by atoms with Crippen molar-refractivity contribution in [1.82, 2.24) is 0 Å². The first-order valence-corrected chi connectivity index (χ1v) is 5.62. The first kappa shape index (κ1) is 11.0. The molecule has 16 heavy (non-hydrogen) atoms. The monoisotopic (exact) mass is 216 g/mol. The first-order chi connectivity index (χ1) is 7.79. The second kappa shape index (κ2) is 5.00. The Balaban J connectivity index is 2.00. The third kappa shape index (κ3) is 2.53. The van der Waals surface area contributed by atoms with E-state index in [1.807, 2.05) is 18.2 Å². The molecule has 0 amide bonds. The van der Waals surface area contributed by atoms with Crippen LogP contribution < -0.4 is 5.32 Å². The van der Waals surface area contributed by atoms with Gasteiger partial charge in [0.1, 0.15) is 0 Å². The maximum Gasteiger partial charge on any atom is 0.0992 e. The molecule has 3 nitrogen and oxygen atoms in total. The van der Waals surface area contributed by atoms with Crippen LogP contribution in [0, 0.1) is 24.2 Å². The zero-order valence-electron chi connectivity index (χ0n) is 9.49. The van der Waals surface area contributed by atoms with Gasteiger partial charge in [0, 0.05) is 24.8 Å². The molecular weight excluding hydrogens is 200 g/mol. The van der Waals surface area contributed by atoms with E-state index < -0.39 is 0 Å². The van der Waals surface area contributed by atoms with Gasteiger partial charge in [-0.2, -0.15) is 5.26 Å². The van der Waals surface area contributed by atoms with Crippen molar-refractivity contribution in [3.05, 3.63) is 29.3 Å². The fourth-order valence-corrected chi connectivity index (χ4v) is 1.88. The van der Waals surface area contributed by atoms with Crippen molar-refractivity contribution < 1.29 is 4.74 Å². The van der Waals surface area contributed by atoms with Gasteiger partial charge in [-0.1, -0.05) is 6.07 Å². The standard InChI is InChI=1S/C13H16N2O/c1-10-2-3-11(7-14)6-13(10)15-8-12-4-5-16-9-12/h2-3,6,12,15H,4-5,8-9H2,1H3. The first-order valence-electron chi connectivity index (χ1n) is 5.62. The Kier molecular flexibility index (Phi) is 3.43. The number of benzene rings is 1. The zero-order valence-corrected chi connectivity index (χ0v) is 9.49. The Morgan fingerprint density at radius 3 is 3.12 bits per heavy atom. The maximum atomic E-state index is 8.83. The molecule has 84 valence electrons. The van der Waals surface area contributed by atoms with Crippen molar-refractivity contribution in [3.63, 3.8) is 0 Å². The van der Waals surface area contributed by atoms with Gasteiger partial charge in [0.05, 0.1) is 18.2 Å². The van der Waals surface area contributed by atoms with Crippen molar-refractivity contribution in [1.29, 1.82) is 5.26 Å². The molecule has 0 spiro atoms. The molecule has 1 aliphatic heterocycles. The average Bonchev–Trinajstić information content (AvgIpc) is 2.81. The summed E-state index contributed by atoms with van der Waals surface area (Å²) in [6.45, 7) is 4.71. The van der Waals surface area contributed by atoms with Gasteiger partial charge in [0.15, 0.2) is 0 Å². The molecule has 1 heterocycles. The van der Waals surface area contributed by atoms with Crippen LogP contribution in [0.1, 0.15) is 17.5 Å². The van der Waals surface area contributed by atoms with Crippen molar-refractivity contribution in [3.8, 4) is 6.07 Å². The quantitative estimate of drug-likeness (QED) is 0.843. The van der Waals surface area contributed by atoms with Crippen molar-refractivity contribution in [2.45, 2.75) is 13.3 Å². The molecule has 0 aromatic heterocycles. The third-order valence-corrected chi connectivity index (χ3v) is 2.97. The van der Waals surface area contributed by atoms with E-state index in [0.717, 1.165) is 31.9 Å². The minimum absolute atomic E-state index is 0.602. The molecule has 1 aromatic carbocycles. The molecule has 0 radical (unpaired) electrons. The lowest BCUT2D eigenvalue weighted by Crippen LogP contribution is -2.14. The summed E-state index contributed by atoms with van der Waals surface area (Å²) in [5.41, 5.74) is 2.94. The number of ether oxygens (including phenoxy) is 1. The Morgan fingerprint density at radius 2 is 2.44 bits per heavy atom. The predicted octanol–water partition coefficient (Wildman–Crippen LogP) is 2.32. The second-order valence-electron chi connectivity index (χ2n) is 4.25. The summed E-state index contributed by atoms with van der Waals surface area (Å²) in [6.07, 6.45) is 1.13. The molecule has 1 aromatic rings. The Morgan fingerprint density at radius 1 is 1.56 bits per heavy atom. The lowest BCUT2D eigenvalue weighted by Gasteiger charge is -2.13. The molecule has 2 rings (SSSR count). The van der Waals surface area contributed by atoms with Gasteiger partial charge in [-0.25, -0.2) is 0 Å². The van der Waals surface area contributed by atoms with E-state index in [2.05, 4.69) is 18.3 Å². The van der Waals surface area contributed by atoms with E-state index in [9.17, 15) is 0 Å². The molecule has 1 unspecified atom stereocenters. The highest BCUT2D eigenvalue weighted by molar-refractivity contribution is 5.55. The van der Waals surface area contributed by atoms with E-state index in [0.29, 0.717) is 11.5 Å². The summed E-state index contributed by atoms with van der Waals surface area (Å²) in [4.78, 5) is 0.